The average Bonchev–Trinajstić information content (AvgIpc) is 3.22. The second-order valence-corrected chi connectivity index (χ2v) is 10.4. The van der Waals surface area contributed by atoms with E-state index in [-0.39, 0.29) is 16.6 Å². The first-order valence-corrected chi connectivity index (χ1v) is 11.5. The molecule has 3 aromatic rings. The summed E-state index contributed by atoms with van der Waals surface area (Å²) in [5, 5.41) is 19.6. The summed E-state index contributed by atoms with van der Waals surface area (Å²) in [6, 6.07) is 8.19. The second-order valence-electron chi connectivity index (χ2n) is 5.91. The Morgan fingerprint density at radius 2 is 1.93 bits per heavy atom. The van der Waals surface area contributed by atoms with Crippen LogP contribution in [0.4, 0.5) is 5.13 Å². The molecule has 1 unspecified atom stereocenters. The topological polar surface area (TPSA) is 120 Å². The molecule has 0 radical (unpaired) electrons. The van der Waals surface area contributed by atoms with Gasteiger partial charge in [0.25, 0.3) is 0 Å². The van der Waals surface area contributed by atoms with Crippen molar-refractivity contribution in [2.75, 3.05) is 5.32 Å². The molecule has 1 N–H and O–H groups in total. The molecule has 3 rings (SSSR count). The summed E-state index contributed by atoms with van der Waals surface area (Å²) in [7, 11) is -1.85. The third-order valence-corrected chi connectivity index (χ3v) is 7.27. The summed E-state index contributed by atoms with van der Waals surface area (Å²) < 4.78 is 26.7. The molecule has 12 heteroatoms. The minimum Gasteiger partial charge on any atom is -0.308 e. The Bertz CT molecular complexity index is 1080. The minimum absolute atomic E-state index is 0.229. The standard InChI is InChI=1S/C16H18N6O3S3/c1-10(14(23)17-15-20-18-11(2)27-15)26-16-21-19-13(22(16)3)9-28(24,25)12-7-5-4-6-8-12/h4-8,10H,9H2,1-3H3,(H,17,20,23). The maximum absolute atomic E-state index is 12.5. The Morgan fingerprint density at radius 1 is 1.21 bits per heavy atom. The molecule has 28 heavy (non-hydrogen) atoms. The Kier molecular flexibility index (Phi) is 6.10. The molecule has 0 bridgehead atoms. The van der Waals surface area contributed by atoms with Gasteiger partial charge in [-0.1, -0.05) is 41.3 Å². The summed E-state index contributed by atoms with van der Waals surface area (Å²) >= 11 is 2.47. The van der Waals surface area contributed by atoms with Crippen LogP contribution < -0.4 is 5.32 Å². The van der Waals surface area contributed by atoms with Crippen molar-refractivity contribution in [3.8, 4) is 0 Å². The lowest BCUT2D eigenvalue weighted by molar-refractivity contribution is -0.115. The molecule has 0 saturated heterocycles. The van der Waals surface area contributed by atoms with Gasteiger partial charge in [-0.2, -0.15) is 0 Å². The highest BCUT2D eigenvalue weighted by molar-refractivity contribution is 8.00. The van der Waals surface area contributed by atoms with Crippen molar-refractivity contribution in [1.29, 1.82) is 0 Å². The number of hydrogen-bond acceptors (Lipinski definition) is 9. The third kappa shape index (κ3) is 4.75. The Hall–Kier alpha value is -2.31. The van der Waals surface area contributed by atoms with E-state index >= 15 is 0 Å². The van der Waals surface area contributed by atoms with Gasteiger partial charge in [-0.3, -0.25) is 10.1 Å². The summed E-state index contributed by atoms with van der Waals surface area (Å²) in [6.07, 6.45) is 0. The van der Waals surface area contributed by atoms with Crippen LogP contribution in [-0.2, 0) is 27.4 Å². The zero-order valence-corrected chi connectivity index (χ0v) is 17.8. The van der Waals surface area contributed by atoms with E-state index in [2.05, 4.69) is 25.7 Å². The van der Waals surface area contributed by atoms with Gasteiger partial charge in [0.15, 0.2) is 15.0 Å². The monoisotopic (exact) mass is 438 g/mol. The zero-order chi connectivity index (χ0) is 20.3. The number of benzene rings is 1. The molecule has 0 aliphatic heterocycles. The Labute approximate surface area is 170 Å². The van der Waals surface area contributed by atoms with E-state index in [1.807, 2.05) is 0 Å². The van der Waals surface area contributed by atoms with E-state index in [0.29, 0.717) is 16.1 Å². The molecule has 0 spiro atoms. The fourth-order valence-electron chi connectivity index (χ4n) is 2.22. The first-order valence-electron chi connectivity index (χ1n) is 8.20. The molecule has 0 saturated carbocycles. The highest BCUT2D eigenvalue weighted by Crippen LogP contribution is 2.24. The van der Waals surface area contributed by atoms with E-state index in [0.717, 1.165) is 5.01 Å². The summed E-state index contributed by atoms with van der Waals surface area (Å²) in [6.45, 7) is 3.53. The van der Waals surface area contributed by atoms with Crippen LogP contribution in [0, 0.1) is 6.92 Å². The van der Waals surface area contributed by atoms with E-state index in [1.54, 1.807) is 55.8 Å². The number of amides is 1. The molecule has 2 heterocycles. The van der Waals surface area contributed by atoms with Crippen LogP contribution in [0.3, 0.4) is 0 Å². The highest BCUT2D eigenvalue weighted by atomic mass is 32.2. The van der Waals surface area contributed by atoms with Crippen molar-refractivity contribution < 1.29 is 13.2 Å². The van der Waals surface area contributed by atoms with Crippen LogP contribution in [0.5, 0.6) is 0 Å². The minimum atomic E-state index is -3.53. The van der Waals surface area contributed by atoms with Crippen molar-refractivity contribution in [1.82, 2.24) is 25.0 Å². The van der Waals surface area contributed by atoms with Gasteiger partial charge < -0.3 is 4.57 Å². The maximum Gasteiger partial charge on any atom is 0.239 e. The summed E-state index contributed by atoms with van der Waals surface area (Å²) in [5.74, 6) is -0.215. The van der Waals surface area contributed by atoms with Crippen LogP contribution in [0.1, 0.15) is 17.8 Å². The number of nitrogens with zero attached hydrogens (tertiary/aromatic N) is 5. The van der Waals surface area contributed by atoms with Gasteiger partial charge in [0.05, 0.1) is 10.1 Å². The van der Waals surface area contributed by atoms with Crippen LogP contribution in [-0.4, -0.2) is 44.5 Å². The highest BCUT2D eigenvalue weighted by Gasteiger charge is 2.23. The van der Waals surface area contributed by atoms with Crippen molar-refractivity contribution in [3.05, 3.63) is 41.2 Å². The van der Waals surface area contributed by atoms with Gasteiger partial charge in [0.2, 0.25) is 11.0 Å². The number of hydrogen-bond donors (Lipinski definition) is 1. The van der Waals surface area contributed by atoms with Gasteiger partial charge in [-0.25, -0.2) is 8.42 Å². The van der Waals surface area contributed by atoms with Crippen molar-refractivity contribution in [2.24, 2.45) is 7.05 Å². The lowest BCUT2D eigenvalue weighted by Gasteiger charge is -2.10. The molecular weight excluding hydrogens is 420 g/mol. The fourth-order valence-corrected chi connectivity index (χ4v) is 4.98. The molecule has 9 nitrogen and oxygen atoms in total. The Morgan fingerprint density at radius 3 is 2.57 bits per heavy atom. The van der Waals surface area contributed by atoms with Gasteiger partial charge in [0, 0.05) is 7.05 Å². The van der Waals surface area contributed by atoms with Crippen LogP contribution in [0.25, 0.3) is 0 Å². The van der Waals surface area contributed by atoms with Crippen LogP contribution in [0.15, 0.2) is 40.4 Å². The largest absolute Gasteiger partial charge is 0.308 e. The van der Waals surface area contributed by atoms with Gasteiger partial charge in [-0.05, 0) is 26.0 Å². The predicted octanol–water partition coefficient (Wildman–Crippen LogP) is 2.07. The number of aryl methyl sites for hydroxylation is 1. The number of nitrogens with one attached hydrogen (secondary N) is 1. The number of thioether (sulfide) groups is 1. The van der Waals surface area contributed by atoms with E-state index < -0.39 is 15.1 Å². The van der Waals surface area contributed by atoms with E-state index in [4.69, 9.17) is 0 Å². The predicted molar refractivity (Wildman–Crippen MR) is 107 cm³/mol. The van der Waals surface area contributed by atoms with Crippen LogP contribution in [0.2, 0.25) is 0 Å². The normalized spacial score (nSPS) is 12.7. The maximum atomic E-state index is 12.5. The Balaban J connectivity index is 1.68. The summed E-state index contributed by atoms with van der Waals surface area (Å²) in [4.78, 5) is 12.5. The lowest BCUT2D eigenvalue weighted by Crippen LogP contribution is -2.22. The van der Waals surface area contributed by atoms with Crippen molar-refractivity contribution in [2.45, 2.75) is 34.9 Å². The van der Waals surface area contributed by atoms with E-state index in [1.165, 1.54) is 23.1 Å². The van der Waals surface area contributed by atoms with Crippen molar-refractivity contribution in [3.63, 3.8) is 0 Å². The number of carbonyl (C=O) groups excluding carboxylic acids is 1. The number of rotatable bonds is 7. The molecule has 2 aromatic heterocycles. The SMILES string of the molecule is Cc1nnc(NC(=O)C(C)Sc2nnc(CS(=O)(=O)c3ccccc3)n2C)s1. The number of sulfone groups is 1. The lowest BCUT2D eigenvalue weighted by atomic mass is 10.4. The fraction of sp³-hybridized carbons (Fsp3) is 0.312. The molecule has 0 fully saturated rings. The van der Waals surface area contributed by atoms with E-state index in [9.17, 15) is 13.2 Å². The van der Waals surface area contributed by atoms with Crippen molar-refractivity contribution >= 4 is 44.0 Å². The van der Waals surface area contributed by atoms with Gasteiger partial charge >= 0.3 is 0 Å². The van der Waals surface area contributed by atoms with Crippen LogP contribution >= 0.6 is 23.1 Å². The number of carbonyl (C=O) groups is 1. The summed E-state index contributed by atoms with van der Waals surface area (Å²) in [5.41, 5.74) is 0. The van der Waals surface area contributed by atoms with Gasteiger partial charge in [-0.15, -0.1) is 20.4 Å². The molecule has 1 atom stereocenters. The quantitative estimate of drug-likeness (QED) is 0.557. The number of anilines is 1. The van der Waals surface area contributed by atoms with Gasteiger partial charge in [0.1, 0.15) is 16.6 Å². The molecule has 1 aromatic carbocycles. The second kappa shape index (κ2) is 8.37. The average molecular weight is 439 g/mol. The molecule has 1 amide bonds. The first-order chi connectivity index (χ1) is 13.3. The zero-order valence-electron chi connectivity index (χ0n) is 15.4. The third-order valence-electron chi connectivity index (χ3n) is 3.75. The first kappa shape index (κ1) is 20.4. The molecule has 0 aliphatic carbocycles. The molecule has 148 valence electrons. The number of aromatic nitrogens is 5. The smallest absolute Gasteiger partial charge is 0.239 e. The molecular formula is C16H18N6O3S3. The molecule has 0 aliphatic rings.